The van der Waals surface area contributed by atoms with E-state index in [2.05, 4.69) is 10.3 Å². The zero-order chi connectivity index (χ0) is 14.8. The Morgan fingerprint density at radius 2 is 1.90 bits per heavy atom. The van der Waals surface area contributed by atoms with Crippen molar-refractivity contribution in [3.05, 3.63) is 23.9 Å². The molecular formula is C15H19N3O3. The molecule has 0 spiro atoms. The molecule has 1 aromatic rings. The van der Waals surface area contributed by atoms with Gasteiger partial charge >= 0.3 is 5.97 Å². The van der Waals surface area contributed by atoms with Gasteiger partial charge in [-0.15, -0.1) is 0 Å². The van der Waals surface area contributed by atoms with Gasteiger partial charge in [-0.2, -0.15) is 0 Å². The number of nitrogens with one attached hydrogen (secondary N) is 1. The number of hydrogen-bond donors (Lipinski definition) is 2. The van der Waals surface area contributed by atoms with Crippen molar-refractivity contribution >= 4 is 17.7 Å². The predicted octanol–water partition coefficient (Wildman–Crippen LogP) is 1.27. The van der Waals surface area contributed by atoms with Crippen LogP contribution in [-0.2, 0) is 4.79 Å². The Hall–Kier alpha value is -2.11. The summed E-state index contributed by atoms with van der Waals surface area (Å²) < 4.78 is 0. The molecule has 112 valence electrons. The van der Waals surface area contributed by atoms with Crippen molar-refractivity contribution in [3.63, 3.8) is 0 Å². The largest absolute Gasteiger partial charge is 0.481 e. The molecule has 6 heteroatoms. The molecule has 2 fully saturated rings. The van der Waals surface area contributed by atoms with E-state index in [9.17, 15) is 9.59 Å². The molecule has 1 aliphatic heterocycles. The summed E-state index contributed by atoms with van der Waals surface area (Å²) in [6, 6.07) is 5.72. The maximum Gasteiger partial charge on any atom is 0.306 e. The molecule has 0 radical (unpaired) electrons. The second kappa shape index (κ2) is 5.71. The SMILES string of the molecule is O=C(NC1CC1)c1cccc(N2CCC(C(=O)O)CC2)n1. The van der Waals surface area contributed by atoms with E-state index >= 15 is 0 Å². The molecule has 6 nitrogen and oxygen atoms in total. The molecule has 2 N–H and O–H groups in total. The fourth-order valence-corrected chi connectivity index (χ4v) is 2.57. The molecule has 0 atom stereocenters. The topological polar surface area (TPSA) is 82.5 Å². The summed E-state index contributed by atoms with van der Waals surface area (Å²) in [5, 5.41) is 11.9. The minimum Gasteiger partial charge on any atom is -0.481 e. The highest BCUT2D eigenvalue weighted by atomic mass is 16.4. The molecule has 2 aliphatic rings. The third-order valence-electron chi connectivity index (χ3n) is 4.05. The van der Waals surface area contributed by atoms with Crippen LogP contribution in [0.1, 0.15) is 36.2 Å². The summed E-state index contributed by atoms with van der Waals surface area (Å²) in [5.41, 5.74) is 0.430. The monoisotopic (exact) mass is 289 g/mol. The molecular weight excluding hydrogens is 270 g/mol. The lowest BCUT2D eigenvalue weighted by Gasteiger charge is -2.31. The number of pyridine rings is 1. The first-order valence-electron chi connectivity index (χ1n) is 7.39. The molecule has 1 aliphatic carbocycles. The number of anilines is 1. The Balaban J connectivity index is 1.65. The third kappa shape index (κ3) is 3.32. The fraction of sp³-hybridized carbons (Fsp3) is 0.533. The first-order valence-corrected chi connectivity index (χ1v) is 7.39. The molecule has 0 bridgehead atoms. The van der Waals surface area contributed by atoms with Gasteiger partial charge in [0.2, 0.25) is 0 Å². The van der Waals surface area contributed by atoms with Crippen LogP contribution in [0.5, 0.6) is 0 Å². The van der Waals surface area contributed by atoms with Crippen LogP contribution in [0.15, 0.2) is 18.2 Å². The van der Waals surface area contributed by atoms with E-state index in [1.54, 1.807) is 6.07 Å². The van der Waals surface area contributed by atoms with E-state index in [0.29, 0.717) is 37.7 Å². The van der Waals surface area contributed by atoms with Gasteiger partial charge in [0.05, 0.1) is 5.92 Å². The van der Waals surface area contributed by atoms with E-state index in [4.69, 9.17) is 5.11 Å². The average molecular weight is 289 g/mol. The average Bonchev–Trinajstić information content (AvgIpc) is 3.31. The number of carboxylic acid groups (broad SMARTS) is 1. The lowest BCUT2D eigenvalue weighted by atomic mass is 9.97. The summed E-state index contributed by atoms with van der Waals surface area (Å²) in [5.74, 6) is -0.357. The zero-order valence-corrected chi connectivity index (χ0v) is 11.8. The molecule has 1 saturated carbocycles. The summed E-state index contributed by atoms with van der Waals surface area (Å²) in [6.07, 6.45) is 3.34. The standard InChI is InChI=1S/C15H19N3O3/c19-14(16-11-4-5-11)12-2-1-3-13(17-12)18-8-6-10(7-9-18)15(20)21/h1-3,10-11H,4-9H2,(H,16,19)(H,20,21). The highest BCUT2D eigenvalue weighted by molar-refractivity contribution is 5.93. The molecule has 2 heterocycles. The molecule has 21 heavy (non-hydrogen) atoms. The van der Waals surface area contributed by atoms with Crippen LogP contribution in [-0.4, -0.2) is 41.1 Å². The minimum atomic E-state index is -0.722. The zero-order valence-electron chi connectivity index (χ0n) is 11.8. The number of nitrogens with zero attached hydrogens (tertiary/aromatic N) is 2. The summed E-state index contributed by atoms with van der Waals surface area (Å²) in [4.78, 5) is 29.4. The van der Waals surface area contributed by atoms with Crippen molar-refractivity contribution in [3.8, 4) is 0 Å². The Morgan fingerprint density at radius 3 is 2.52 bits per heavy atom. The van der Waals surface area contributed by atoms with Gasteiger partial charge in [0.1, 0.15) is 11.5 Å². The fourth-order valence-electron chi connectivity index (χ4n) is 2.57. The molecule has 3 rings (SSSR count). The summed E-state index contributed by atoms with van der Waals surface area (Å²) in [6.45, 7) is 1.33. The Morgan fingerprint density at radius 1 is 1.19 bits per heavy atom. The number of rotatable bonds is 4. The molecule has 1 aromatic heterocycles. The second-order valence-corrected chi connectivity index (χ2v) is 5.73. The molecule has 0 aromatic carbocycles. The minimum absolute atomic E-state index is 0.125. The Bertz CT molecular complexity index is 549. The maximum absolute atomic E-state index is 12.0. The Labute approximate surface area is 123 Å². The van der Waals surface area contributed by atoms with Gasteiger partial charge in [0.25, 0.3) is 5.91 Å². The summed E-state index contributed by atoms with van der Waals surface area (Å²) in [7, 11) is 0. The lowest BCUT2D eigenvalue weighted by molar-refractivity contribution is -0.142. The first kappa shape index (κ1) is 13.9. The van der Waals surface area contributed by atoms with Gasteiger partial charge in [-0.1, -0.05) is 6.07 Å². The van der Waals surface area contributed by atoms with E-state index in [1.807, 2.05) is 17.0 Å². The second-order valence-electron chi connectivity index (χ2n) is 5.73. The molecule has 1 saturated heterocycles. The normalized spacial score (nSPS) is 19.3. The quantitative estimate of drug-likeness (QED) is 0.872. The van der Waals surface area contributed by atoms with Crippen LogP contribution in [0, 0.1) is 5.92 Å². The van der Waals surface area contributed by atoms with Gasteiger partial charge in [-0.3, -0.25) is 9.59 Å². The van der Waals surface area contributed by atoms with Crippen LogP contribution in [0.3, 0.4) is 0 Å². The van der Waals surface area contributed by atoms with E-state index < -0.39 is 5.97 Å². The molecule has 0 unspecified atom stereocenters. The number of hydrogen-bond acceptors (Lipinski definition) is 4. The number of piperidine rings is 1. The van der Waals surface area contributed by atoms with Crippen molar-refractivity contribution in [2.75, 3.05) is 18.0 Å². The highest BCUT2D eigenvalue weighted by Crippen LogP contribution is 2.23. The number of carbonyl (C=O) groups is 2. The van der Waals surface area contributed by atoms with Crippen LogP contribution < -0.4 is 10.2 Å². The van der Waals surface area contributed by atoms with Crippen molar-refractivity contribution in [2.24, 2.45) is 5.92 Å². The van der Waals surface area contributed by atoms with Crippen molar-refractivity contribution in [2.45, 2.75) is 31.7 Å². The number of carboxylic acids is 1. The van der Waals surface area contributed by atoms with Crippen LogP contribution in [0.4, 0.5) is 5.82 Å². The Kier molecular flexibility index (Phi) is 3.77. The number of amides is 1. The van der Waals surface area contributed by atoms with Gasteiger partial charge < -0.3 is 15.3 Å². The van der Waals surface area contributed by atoms with Crippen LogP contribution >= 0.6 is 0 Å². The van der Waals surface area contributed by atoms with E-state index in [1.165, 1.54) is 0 Å². The highest BCUT2D eigenvalue weighted by Gasteiger charge is 2.26. The van der Waals surface area contributed by atoms with Crippen LogP contribution in [0.2, 0.25) is 0 Å². The molecule has 1 amide bonds. The smallest absolute Gasteiger partial charge is 0.306 e. The van der Waals surface area contributed by atoms with Gasteiger partial charge in [-0.05, 0) is 37.8 Å². The van der Waals surface area contributed by atoms with Gasteiger partial charge in [0.15, 0.2) is 0 Å². The lowest BCUT2D eigenvalue weighted by Crippen LogP contribution is -2.37. The van der Waals surface area contributed by atoms with Gasteiger partial charge in [-0.25, -0.2) is 4.98 Å². The van der Waals surface area contributed by atoms with E-state index in [0.717, 1.165) is 18.7 Å². The first-order chi connectivity index (χ1) is 10.1. The number of carbonyl (C=O) groups excluding carboxylic acids is 1. The van der Waals surface area contributed by atoms with E-state index in [-0.39, 0.29) is 11.8 Å². The van der Waals surface area contributed by atoms with Crippen molar-refractivity contribution in [1.29, 1.82) is 0 Å². The predicted molar refractivity (Wildman–Crippen MR) is 77.3 cm³/mol. The number of aliphatic carboxylic acids is 1. The maximum atomic E-state index is 12.0. The van der Waals surface area contributed by atoms with Gasteiger partial charge in [0, 0.05) is 19.1 Å². The number of aromatic nitrogens is 1. The van der Waals surface area contributed by atoms with Crippen molar-refractivity contribution in [1.82, 2.24) is 10.3 Å². The van der Waals surface area contributed by atoms with Crippen LogP contribution in [0.25, 0.3) is 0 Å². The third-order valence-corrected chi connectivity index (χ3v) is 4.05. The van der Waals surface area contributed by atoms with Crippen molar-refractivity contribution < 1.29 is 14.7 Å². The summed E-state index contributed by atoms with van der Waals surface area (Å²) >= 11 is 0.